The maximum absolute atomic E-state index is 5.87. The molecule has 1 saturated heterocycles. The number of para-hydroxylation sites is 1. The number of nitrogens with two attached hydrogens (primary N) is 1. The molecule has 0 amide bonds. The lowest BCUT2D eigenvalue weighted by Crippen LogP contribution is -2.24. The number of hydrogen-bond acceptors (Lipinski definition) is 3. The smallest absolute Gasteiger partial charge is 0.107 e. The fraction of sp³-hybridized carbons (Fsp3) is 0.333. The van der Waals surface area contributed by atoms with Gasteiger partial charge < -0.3 is 10.6 Å². The third-order valence-electron chi connectivity index (χ3n) is 3.75. The van der Waals surface area contributed by atoms with Crippen molar-refractivity contribution in [1.82, 2.24) is 4.98 Å². The summed E-state index contributed by atoms with van der Waals surface area (Å²) in [7, 11) is 0. The van der Waals surface area contributed by atoms with Crippen LogP contribution in [0.5, 0.6) is 0 Å². The van der Waals surface area contributed by atoms with E-state index in [1.807, 2.05) is 24.4 Å². The highest BCUT2D eigenvalue weighted by molar-refractivity contribution is 7.80. The zero-order valence-electron chi connectivity index (χ0n) is 11.0. The molecule has 1 fully saturated rings. The zero-order valence-corrected chi connectivity index (χ0v) is 11.8. The van der Waals surface area contributed by atoms with Gasteiger partial charge >= 0.3 is 0 Å². The SMILES string of the molecule is CC1CCN(c2c(C(N)=S)cnc3ccccc23)C1. The van der Waals surface area contributed by atoms with Crippen LogP contribution < -0.4 is 10.6 Å². The van der Waals surface area contributed by atoms with Crippen LogP contribution in [-0.2, 0) is 0 Å². The summed E-state index contributed by atoms with van der Waals surface area (Å²) in [5, 5.41) is 1.14. The largest absolute Gasteiger partial charge is 0.389 e. The van der Waals surface area contributed by atoms with Gasteiger partial charge in [0.15, 0.2) is 0 Å². The quantitative estimate of drug-likeness (QED) is 0.853. The van der Waals surface area contributed by atoms with Gasteiger partial charge in [0.05, 0.1) is 16.8 Å². The Kier molecular flexibility index (Phi) is 3.11. The molecule has 0 saturated carbocycles. The Hall–Kier alpha value is -1.68. The number of benzene rings is 1. The lowest BCUT2D eigenvalue weighted by molar-refractivity contribution is 0.659. The summed E-state index contributed by atoms with van der Waals surface area (Å²) in [5.74, 6) is 0.714. The number of anilines is 1. The van der Waals surface area contributed by atoms with Gasteiger partial charge in [0.2, 0.25) is 0 Å². The van der Waals surface area contributed by atoms with Crippen LogP contribution in [0, 0.1) is 5.92 Å². The van der Waals surface area contributed by atoms with Crippen molar-refractivity contribution in [3.63, 3.8) is 0 Å². The third-order valence-corrected chi connectivity index (χ3v) is 3.97. The predicted octanol–water partition coefficient (Wildman–Crippen LogP) is 2.72. The van der Waals surface area contributed by atoms with Crippen LogP contribution in [0.15, 0.2) is 30.5 Å². The van der Waals surface area contributed by atoms with Gasteiger partial charge in [-0.1, -0.05) is 37.3 Å². The van der Waals surface area contributed by atoms with Gasteiger partial charge in [0.1, 0.15) is 4.99 Å². The van der Waals surface area contributed by atoms with Gasteiger partial charge in [-0.3, -0.25) is 4.98 Å². The number of thiocarbonyl (C=S) groups is 1. The van der Waals surface area contributed by atoms with E-state index in [0.717, 1.165) is 35.2 Å². The minimum Gasteiger partial charge on any atom is -0.389 e. The molecular weight excluding hydrogens is 254 g/mol. The second kappa shape index (κ2) is 4.78. The van der Waals surface area contributed by atoms with Crippen molar-refractivity contribution in [1.29, 1.82) is 0 Å². The summed E-state index contributed by atoms with van der Waals surface area (Å²) in [4.78, 5) is 7.28. The lowest BCUT2D eigenvalue weighted by atomic mass is 10.1. The number of pyridine rings is 1. The van der Waals surface area contributed by atoms with Crippen molar-refractivity contribution in [2.75, 3.05) is 18.0 Å². The first kappa shape index (κ1) is 12.4. The van der Waals surface area contributed by atoms with Crippen molar-refractivity contribution < 1.29 is 0 Å². The maximum atomic E-state index is 5.87. The Morgan fingerprint density at radius 1 is 1.42 bits per heavy atom. The topological polar surface area (TPSA) is 42.1 Å². The summed E-state index contributed by atoms with van der Waals surface area (Å²) < 4.78 is 0. The molecule has 3 rings (SSSR count). The minimum absolute atomic E-state index is 0.424. The van der Waals surface area contributed by atoms with Gasteiger partial charge in [-0.05, 0) is 18.4 Å². The minimum atomic E-state index is 0.424. The van der Waals surface area contributed by atoms with Crippen LogP contribution in [0.3, 0.4) is 0 Å². The Labute approximate surface area is 118 Å². The highest BCUT2D eigenvalue weighted by Crippen LogP contribution is 2.33. The molecule has 0 bridgehead atoms. The number of aromatic nitrogens is 1. The third kappa shape index (κ3) is 2.16. The van der Waals surface area contributed by atoms with E-state index in [0.29, 0.717) is 10.9 Å². The maximum Gasteiger partial charge on any atom is 0.107 e. The van der Waals surface area contributed by atoms with E-state index in [4.69, 9.17) is 18.0 Å². The first-order chi connectivity index (χ1) is 9.16. The molecule has 2 aromatic rings. The van der Waals surface area contributed by atoms with E-state index < -0.39 is 0 Å². The first-order valence-electron chi connectivity index (χ1n) is 6.59. The highest BCUT2D eigenvalue weighted by atomic mass is 32.1. The van der Waals surface area contributed by atoms with Crippen molar-refractivity contribution in [2.24, 2.45) is 11.7 Å². The normalized spacial score (nSPS) is 19.0. The van der Waals surface area contributed by atoms with E-state index in [1.165, 1.54) is 6.42 Å². The summed E-state index contributed by atoms with van der Waals surface area (Å²) in [6.07, 6.45) is 3.02. The Balaban J connectivity index is 2.23. The lowest BCUT2D eigenvalue weighted by Gasteiger charge is -2.23. The monoisotopic (exact) mass is 271 g/mol. The molecule has 2 heterocycles. The zero-order chi connectivity index (χ0) is 13.4. The summed E-state index contributed by atoms with van der Waals surface area (Å²) in [5.41, 5.74) is 8.92. The van der Waals surface area contributed by atoms with Crippen LogP contribution in [0.25, 0.3) is 10.9 Å². The standard InChI is InChI=1S/C15H17N3S/c1-10-6-7-18(9-10)14-11-4-2-3-5-13(11)17-8-12(14)15(16)19/h2-5,8,10H,6-7,9H2,1H3,(H2,16,19). The second-order valence-corrected chi connectivity index (χ2v) is 5.68. The van der Waals surface area contributed by atoms with Crippen LogP contribution in [0.2, 0.25) is 0 Å². The molecule has 0 radical (unpaired) electrons. The molecule has 0 aliphatic carbocycles. The Morgan fingerprint density at radius 3 is 2.89 bits per heavy atom. The molecular formula is C15H17N3S. The van der Waals surface area contributed by atoms with Gasteiger partial charge in [-0.25, -0.2) is 0 Å². The number of hydrogen-bond donors (Lipinski definition) is 1. The van der Waals surface area contributed by atoms with Gasteiger partial charge in [0.25, 0.3) is 0 Å². The summed E-state index contributed by atoms with van der Waals surface area (Å²) >= 11 is 5.19. The van der Waals surface area contributed by atoms with E-state index in [9.17, 15) is 0 Å². The fourth-order valence-electron chi connectivity index (χ4n) is 2.79. The number of nitrogens with zero attached hydrogens (tertiary/aromatic N) is 2. The van der Waals surface area contributed by atoms with Gasteiger partial charge in [-0.15, -0.1) is 0 Å². The van der Waals surface area contributed by atoms with Crippen molar-refractivity contribution >= 4 is 33.8 Å². The van der Waals surface area contributed by atoms with Crippen LogP contribution in [0.1, 0.15) is 18.9 Å². The van der Waals surface area contributed by atoms with E-state index in [1.54, 1.807) is 0 Å². The fourth-order valence-corrected chi connectivity index (χ4v) is 2.94. The van der Waals surface area contributed by atoms with Crippen LogP contribution in [-0.4, -0.2) is 23.1 Å². The molecule has 19 heavy (non-hydrogen) atoms. The molecule has 1 aromatic heterocycles. The Bertz CT molecular complexity index is 638. The second-order valence-electron chi connectivity index (χ2n) is 5.24. The predicted molar refractivity (Wildman–Crippen MR) is 83.6 cm³/mol. The number of fused-ring (bicyclic) bond motifs is 1. The summed E-state index contributed by atoms with van der Waals surface area (Å²) in [6.45, 7) is 4.40. The molecule has 1 atom stereocenters. The molecule has 98 valence electrons. The van der Waals surface area contributed by atoms with E-state index in [-0.39, 0.29) is 0 Å². The van der Waals surface area contributed by atoms with Crippen molar-refractivity contribution in [2.45, 2.75) is 13.3 Å². The first-order valence-corrected chi connectivity index (χ1v) is 7.00. The van der Waals surface area contributed by atoms with Gasteiger partial charge in [-0.2, -0.15) is 0 Å². The number of rotatable bonds is 2. The van der Waals surface area contributed by atoms with E-state index in [2.05, 4.69) is 22.9 Å². The highest BCUT2D eigenvalue weighted by Gasteiger charge is 2.23. The molecule has 1 aliphatic rings. The molecule has 1 aromatic carbocycles. The van der Waals surface area contributed by atoms with Gasteiger partial charge in [0, 0.05) is 24.7 Å². The van der Waals surface area contributed by atoms with Crippen molar-refractivity contribution in [3.8, 4) is 0 Å². The molecule has 1 aliphatic heterocycles. The average Bonchev–Trinajstić information content (AvgIpc) is 2.83. The molecule has 4 heteroatoms. The molecule has 2 N–H and O–H groups in total. The molecule has 3 nitrogen and oxygen atoms in total. The van der Waals surface area contributed by atoms with E-state index >= 15 is 0 Å². The Morgan fingerprint density at radius 2 is 2.21 bits per heavy atom. The molecule has 0 spiro atoms. The average molecular weight is 271 g/mol. The van der Waals surface area contributed by atoms with Crippen molar-refractivity contribution in [3.05, 3.63) is 36.0 Å². The summed E-state index contributed by atoms with van der Waals surface area (Å²) in [6, 6.07) is 8.17. The molecule has 1 unspecified atom stereocenters. The van der Waals surface area contributed by atoms with Crippen LogP contribution >= 0.6 is 12.2 Å². The van der Waals surface area contributed by atoms with Crippen LogP contribution in [0.4, 0.5) is 5.69 Å².